The van der Waals surface area contributed by atoms with Crippen LogP contribution in [-0.4, -0.2) is 89.2 Å². The van der Waals surface area contributed by atoms with Gasteiger partial charge in [0.2, 0.25) is 5.95 Å². The van der Waals surface area contributed by atoms with Gasteiger partial charge < -0.3 is 19.8 Å². The minimum atomic E-state index is -4.76. The van der Waals surface area contributed by atoms with E-state index in [1.54, 1.807) is 11.9 Å². The number of rotatable bonds is 1. The molecule has 4 heterocycles. The molecule has 2 atom stereocenters. The Hall–Kier alpha value is -3.05. The maximum Gasteiger partial charge on any atom is 0.419 e. The fraction of sp³-hybridized carbons (Fsp3) is 0.519. The number of aromatic nitrogens is 3. The molecule has 0 spiro atoms. The van der Waals surface area contributed by atoms with E-state index in [9.17, 15) is 22.5 Å². The fourth-order valence-corrected chi connectivity index (χ4v) is 7.33. The molecule has 14 heteroatoms. The molecule has 1 saturated carbocycles. The Morgan fingerprint density at radius 3 is 2.54 bits per heavy atom. The van der Waals surface area contributed by atoms with Crippen molar-refractivity contribution < 1.29 is 31.3 Å². The van der Waals surface area contributed by atoms with Gasteiger partial charge in [0.15, 0.2) is 0 Å². The SMILES string of the molecule is CN1CCC(F)(F)CN(C)C2CC[C@@H](C2)Nc2ncc(C(F)(F)F)c(n2)-c2c[nH]c3c(P(C)(C)=O)c(ccc23)C1=O. The number of H-pyrrole nitrogens is 1. The lowest BCUT2D eigenvalue weighted by Crippen LogP contribution is -2.42. The van der Waals surface area contributed by atoms with Crippen LogP contribution in [0, 0.1) is 0 Å². The maximum absolute atomic E-state index is 15.0. The number of halogens is 5. The zero-order valence-corrected chi connectivity index (χ0v) is 24.0. The van der Waals surface area contributed by atoms with Gasteiger partial charge in [-0.15, -0.1) is 0 Å². The molecule has 41 heavy (non-hydrogen) atoms. The summed E-state index contributed by atoms with van der Waals surface area (Å²) in [6.07, 6.45) is -1.52. The van der Waals surface area contributed by atoms with Crippen molar-refractivity contribution in [2.45, 2.75) is 49.9 Å². The average molecular weight is 599 g/mol. The van der Waals surface area contributed by atoms with Crippen molar-refractivity contribution in [3.8, 4) is 11.3 Å². The highest BCUT2D eigenvalue weighted by molar-refractivity contribution is 7.70. The Kier molecular flexibility index (Phi) is 7.43. The lowest BCUT2D eigenvalue weighted by molar-refractivity contribution is -0.137. The summed E-state index contributed by atoms with van der Waals surface area (Å²) < 4.78 is 85.9. The summed E-state index contributed by atoms with van der Waals surface area (Å²) in [7, 11) is -0.184. The van der Waals surface area contributed by atoms with Crippen molar-refractivity contribution in [3.05, 3.63) is 35.7 Å². The molecule has 2 aromatic heterocycles. The second kappa shape index (κ2) is 10.3. The molecule has 2 N–H and O–H groups in total. The van der Waals surface area contributed by atoms with E-state index in [4.69, 9.17) is 0 Å². The molecule has 2 aliphatic heterocycles. The summed E-state index contributed by atoms with van der Waals surface area (Å²) in [6, 6.07) is 2.48. The Bertz CT molecular complexity index is 1530. The molecule has 6 rings (SSSR count). The van der Waals surface area contributed by atoms with E-state index >= 15 is 8.78 Å². The number of carbonyl (C=O) groups excluding carboxylic acids is 1. The van der Waals surface area contributed by atoms with Gasteiger partial charge in [-0.1, -0.05) is 6.07 Å². The number of carbonyl (C=O) groups is 1. The maximum atomic E-state index is 15.0. The summed E-state index contributed by atoms with van der Waals surface area (Å²) in [5.74, 6) is -3.69. The minimum Gasteiger partial charge on any atom is -0.360 e. The van der Waals surface area contributed by atoms with E-state index in [0.717, 1.165) is 6.20 Å². The van der Waals surface area contributed by atoms with Gasteiger partial charge in [-0.2, -0.15) is 13.2 Å². The molecule has 1 aliphatic carbocycles. The van der Waals surface area contributed by atoms with Gasteiger partial charge in [0.05, 0.1) is 23.3 Å². The minimum absolute atomic E-state index is 0.01000. The van der Waals surface area contributed by atoms with E-state index in [1.165, 1.54) is 43.6 Å². The third-order valence-electron chi connectivity index (χ3n) is 7.95. The third-order valence-corrected chi connectivity index (χ3v) is 9.49. The van der Waals surface area contributed by atoms with E-state index in [1.807, 2.05) is 0 Å². The molecular formula is C27H32F5N6O2P. The Morgan fingerprint density at radius 2 is 1.85 bits per heavy atom. The standard InChI is InChI=1S/C27H32F5N6O2P/c1-37-10-9-26(28,29)14-38(2)16-6-5-15(11-16)35-25-34-13-20(27(30,31)32)21(36-25)19-12-33-22-17(19)7-8-18(24(37)39)23(22)41(3,4)40/h7-8,12-13,15-16,33H,5-6,9-11,14H2,1-4H3,(H,34,35,36)/t15-,16?/m0/s1. The largest absolute Gasteiger partial charge is 0.419 e. The van der Waals surface area contributed by atoms with Crippen LogP contribution in [0.4, 0.5) is 27.9 Å². The molecule has 1 fully saturated rings. The lowest BCUT2D eigenvalue weighted by Gasteiger charge is -2.30. The third kappa shape index (κ3) is 5.83. The summed E-state index contributed by atoms with van der Waals surface area (Å²) in [4.78, 5) is 27.4. The van der Waals surface area contributed by atoms with Gasteiger partial charge >= 0.3 is 6.18 Å². The normalized spacial score (nSPS) is 22.6. The predicted octanol–water partition coefficient (Wildman–Crippen LogP) is 5.27. The van der Waals surface area contributed by atoms with Crippen molar-refractivity contribution >= 4 is 35.2 Å². The molecule has 222 valence electrons. The second-order valence-electron chi connectivity index (χ2n) is 11.4. The molecule has 3 aromatic rings. The Labute approximate surface area is 234 Å². The molecule has 1 aromatic carbocycles. The molecule has 8 nitrogen and oxygen atoms in total. The van der Waals surface area contributed by atoms with Crippen molar-refractivity contribution in [3.63, 3.8) is 0 Å². The van der Waals surface area contributed by atoms with Crippen LogP contribution in [0.2, 0.25) is 0 Å². The number of hydrogen-bond donors (Lipinski definition) is 2. The van der Waals surface area contributed by atoms with Gasteiger partial charge in [0.1, 0.15) is 12.7 Å². The Morgan fingerprint density at radius 1 is 1.12 bits per heavy atom. The van der Waals surface area contributed by atoms with Crippen LogP contribution >= 0.6 is 7.14 Å². The first-order chi connectivity index (χ1) is 19.0. The van der Waals surface area contributed by atoms with Crippen molar-refractivity contribution in [2.24, 2.45) is 0 Å². The zero-order valence-electron chi connectivity index (χ0n) is 23.1. The van der Waals surface area contributed by atoms with E-state index in [0.29, 0.717) is 24.6 Å². The number of benzene rings is 1. The number of nitrogens with one attached hydrogen (secondary N) is 2. The summed E-state index contributed by atoms with van der Waals surface area (Å²) in [5.41, 5.74) is -1.02. The summed E-state index contributed by atoms with van der Waals surface area (Å²) in [5, 5.41) is 3.54. The van der Waals surface area contributed by atoms with Crippen LogP contribution in [0.1, 0.15) is 41.6 Å². The van der Waals surface area contributed by atoms with Crippen LogP contribution in [0.25, 0.3) is 22.2 Å². The zero-order chi connectivity index (χ0) is 29.9. The van der Waals surface area contributed by atoms with Crippen LogP contribution < -0.4 is 10.6 Å². The number of fused-ring (bicyclic) bond motifs is 7. The molecule has 1 amide bonds. The first kappa shape index (κ1) is 29.4. The van der Waals surface area contributed by atoms with Crippen molar-refractivity contribution in [1.29, 1.82) is 0 Å². The molecule has 3 aliphatic rings. The van der Waals surface area contributed by atoms with Crippen molar-refractivity contribution in [1.82, 2.24) is 24.8 Å². The quantitative estimate of drug-likeness (QED) is 0.293. The van der Waals surface area contributed by atoms with Gasteiger partial charge in [-0.05, 0) is 45.7 Å². The molecular weight excluding hydrogens is 566 g/mol. The van der Waals surface area contributed by atoms with Crippen LogP contribution in [0.15, 0.2) is 24.5 Å². The fourth-order valence-electron chi connectivity index (χ4n) is 5.86. The summed E-state index contributed by atoms with van der Waals surface area (Å²) >= 11 is 0. The van der Waals surface area contributed by atoms with Crippen molar-refractivity contribution in [2.75, 3.05) is 45.8 Å². The number of nitrogens with zero attached hydrogens (tertiary/aromatic N) is 4. The van der Waals surface area contributed by atoms with Crippen LogP contribution in [0.5, 0.6) is 0 Å². The number of amides is 1. The molecule has 0 saturated heterocycles. The Balaban J connectivity index is 1.71. The number of anilines is 1. The predicted molar refractivity (Wildman–Crippen MR) is 148 cm³/mol. The van der Waals surface area contributed by atoms with Gasteiger partial charge in [0.25, 0.3) is 11.8 Å². The number of alkyl halides is 5. The summed E-state index contributed by atoms with van der Waals surface area (Å²) in [6.45, 7) is 2.15. The molecule has 1 unspecified atom stereocenters. The number of aromatic amines is 1. The lowest BCUT2D eigenvalue weighted by atomic mass is 10.0. The monoisotopic (exact) mass is 598 g/mol. The van der Waals surface area contributed by atoms with Crippen LogP contribution in [-0.2, 0) is 10.7 Å². The molecule has 8 bridgehead atoms. The van der Waals surface area contributed by atoms with Crippen LogP contribution in [0.3, 0.4) is 0 Å². The number of hydrogen-bond acceptors (Lipinski definition) is 6. The average Bonchev–Trinajstić information content (AvgIpc) is 3.51. The highest BCUT2D eigenvalue weighted by atomic mass is 31.2. The highest BCUT2D eigenvalue weighted by Crippen LogP contribution is 2.43. The first-order valence-corrected chi connectivity index (χ1v) is 15.9. The smallest absolute Gasteiger partial charge is 0.360 e. The van der Waals surface area contributed by atoms with E-state index in [-0.39, 0.29) is 52.2 Å². The second-order valence-corrected chi connectivity index (χ2v) is 14.6. The van der Waals surface area contributed by atoms with E-state index < -0.39 is 43.7 Å². The highest BCUT2D eigenvalue weighted by Gasteiger charge is 2.39. The van der Waals surface area contributed by atoms with Gasteiger partial charge in [-0.3, -0.25) is 9.69 Å². The van der Waals surface area contributed by atoms with E-state index in [2.05, 4.69) is 20.3 Å². The topological polar surface area (TPSA) is 94.2 Å². The first-order valence-electron chi connectivity index (χ1n) is 13.3. The van der Waals surface area contributed by atoms with Gasteiger partial charge in [-0.25, -0.2) is 18.7 Å². The van der Waals surface area contributed by atoms with Gasteiger partial charge in [0, 0.05) is 60.7 Å². The molecule has 0 radical (unpaired) electrons.